The Morgan fingerprint density at radius 1 is 1.17 bits per heavy atom. The van der Waals surface area contributed by atoms with E-state index in [1.807, 2.05) is 13.0 Å². The molecule has 0 amide bonds. The largest absolute Gasteiger partial charge is 0.378 e. The Morgan fingerprint density at radius 3 is 2.77 bits per heavy atom. The topological polar surface area (TPSA) is 98.1 Å². The van der Waals surface area contributed by atoms with Gasteiger partial charge in [0, 0.05) is 38.1 Å². The molecule has 1 atom stereocenters. The van der Waals surface area contributed by atoms with Gasteiger partial charge in [-0.1, -0.05) is 11.8 Å². The Morgan fingerprint density at radius 2 is 2.00 bits per heavy atom. The lowest BCUT2D eigenvalue weighted by atomic mass is 10.2. The first-order valence-electron chi connectivity index (χ1n) is 9.38. The number of anilines is 2. The number of aromatic nitrogens is 5. The average molecular weight is 424 g/mol. The fourth-order valence-corrected chi connectivity index (χ4v) is 3.82. The van der Waals surface area contributed by atoms with E-state index >= 15 is 0 Å². The molecule has 3 aromatic rings. The number of nitrogens with one attached hydrogen (secondary N) is 1. The molecule has 1 aliphatic heterocycles. The number of ether oxygens (including phenoxy) is 1. The smallest absolute Gasteiger partial charge is 0.153 e. The number of nitrogens with zero attached hydrogens (tertiary/aromatic N) is 6. The lowest BCUT2D eigenvalue weighted by molar-refractivity contribution is 0.122. The molecule has 1 fully saturated rings. The zero-order valence-electron chi connectivity index (χ0n) is 16.7. The van der Waals surface area contributed by atoms with Crippen LogP contribution in [0.3, 0.4) is 0 Å². The highest BCUT2D eigenvalue weighted by Gasteiger charge is 2.17. The minimum absolute atomic E-state index is 0.584. The van der Waals surface area contributed by atoms with Crippen molar-refractivity contribution in [3.05, 3.63) is 54.0 Å². The molecule has 10 heteroatoms. The highest BCUT2D eigenvalue weighted by atomic mass is 32.2. The van der Waals surface area contributed by atoms with Gasteiger partial charge in [0.1, 0.15) is 12.1 Å². The van der Waals surface area contributed by atoms with Crippen LogP contribution in [0.4, 0.5) is 11.5 Å². The molecular formula is C20H21N7O2S. The van der Waals surface area contributed by atoms with Crippen LogP contribution in [0, 0.1) is 18.8 Å². The molecule has 0 bridgehead atoms. The minimum atomic E-state index is -1.43. The van der Waals surface area contributed by atoms with E-state index in [1.165, 1.54) is 0 Å². The second kappa shape index (κ2) is 9.02. The van der Waals surface area contributed by atoms with Crippen molar-refractivity contribution in [3.63, 3.8) is 0 Å². The fraction of sp³-hybridized carbons (Fsp3) is 0.300. The van der Waals surface area contributed by atoms with Gasteiger partial charge in [-0.2, -0.15) is 5.10 Å². The molecule has 154 valence electrons. The van der Waals surface area contributed by atoms with Crippen LogP contribution in [-0.4, -0.2) is 55.2 Å². The Bertz CT molecular complexity index is 1130. The summed E-state index contributed by atoms with van der Waals surface area (Å²) in [6, 6.07) is 1.81. The lowest BCUT2D eigenvalue weighted by Crippen LogP contribution is -2.37. The van der Waals surface area contributed by atoms with Crippen molar-refractivity contribution >= 4 is 22.5 Å². The summed E-state index contributed by atoms with van der Waals surface area (Å²) in [5, 5.41) is 4.04. The van der Waals surface area contributed by atoms with Crippen LogP contribution >= 0.6 is 0 Å². The SMILES string of the molecule is Cc1ncnc(N2CCOCC2)c1C#Cc1cncc(NS(=O)c2cnn(C)c2)c1. The Kier molecular flexibility index (Phi) is 6.02. The Balaban J connectivity index is 1.56. The summed E-state index contributed by atoms with van der Waals surface area (Å²) in [6.07, 6.45) is 8.09. The second-order valence-corrected chi connectivity index (χ2v) is 7.90. The predicted octanol–water partition coefficient (Wildman–Crippen LogP) is 1.28. The van der Waals surface area contributed by atoms with Gasteiger partial charge in [0.25, 0.3) is 0 Å². The monoisotopic (exact) mass is 423 g/mol. The van der Waals surface area contributed by atoms with Crippen molar-refractivity contribution in [2.75, 3.05) is 35.9 Å². The molecule has 9 nitrogen and oxygen atoms in total. The standard InChI is InChI=1S/C20H21N7O2S/c1-15-19(20(23-14-22-15)27-5-7-29-8-6-27)4-3-16-9-17(11-21-10-16)25-30(28)18-12-24-26(2)13-18/h9-14,25H,5-8H2,1-2H3. The maximum atomic E-state index is 12.4. The predicted molar refractivity (Wildman–Crippen MR) is 113 cm³/mol. The summed E-state index contributed by atoms with van der Waals surface area (Å²) in [6.45, 7) is 4.80. The van der Waals surface area contributed by atoms with E-state index < -0.39 is 11.0 Å². The van der Waals surface area contributed by atoms with Crippen LogP contribution in [0.5, 0.6) is 0 Å². The van der Waals surface area contributed by atoms with Crippen LogP contribution in [0.25, 0.3) is 0 Å². The number of hydrogen-bond donors (Lipinski definition) is 1. The van der Waals surface area contributed by atoms with E-state index in [1.54, 1.807) is 42.8 Å². The van der Waals surface area contributed by atoms with Crippen molar-refractivity contribution in [1.29, 1.82) is 0 Å². The first kappa shape index (κ1) is 20.0. The second-order valence-electron chi connectivity index (χ2n) is 6.69. The van der Waals surface area contributed by atoms with Gasteiger partial charge in [-0.3, -0.25) is 14.4 Å². The summed E-state index contributed by atoms with van der Waals surface area (Å²) in [7, 11) is 0.344. The minimum Gasteiger partial charge on any atom is -0.378 e. The van der Waals surface area contributed by atoms with Gasteiger partial charge in [0.2, 0.25) is 0 Å². The molecule has 4 heterocycles. The number of rotatable bonds is 4. The van der Waals surface area contributed by atoms with Gasteiger partial charge in [-0.05, 0) is 13.0 Å². The van der Waals surface area contributed by atoms with E-state index in [4.69, 9.17) is 4.74 Å². The molecule has 3 aromatic heterocycles. The fourth-order valence-electron chi connectivity index (χ4n) is 2.98. The van der Waals surface area contributed by atoms with Crippen molar-refractivity contribution in [3.8, 4) is 11.8 Å². The zero-order chi connectivity index (χ0) is 20.9. The molecule has 1 unspecified atom stereocenters. The first-order valence-corrected chi connectivity index (χ1v) is 10.5. The summed E-state index contributed by atoms with van der Waals surface area (Å²) in [5.41, 5.74) is 2.91. The third-order valence-electron chi connectivity index (χ3n) is 4.50. The van der Waals surface area contributed by atoms with Crippen molar-refractivity contribution in [2.24, 2.45) is 7.05 Å². The molecular weight excluding hydrogens is 402 g/mol. The number of hydrogen-bond acceptors (Lipinski definition) is 7. The third-order valence-corrected chi connectivity index (χ3v) is 5.56. The highest BCUT2D eigenvalue weighted by molar-refractivity contribution is 7.86. The van der Waals surface area contributed by atoms with E-state index in [0.717, 1.165) is 30.2 Å². The maximum Gasteiger partial charge on any atom is 0.153 e. The van der Waals surface area contributed by atoms with E-state index in [9.17, 15) is 4.21 Å². The van der Waals surface area contributed by atoms with E-state index in [-0.39, 0.29) is 0 Å². The molecule has 0 radical (unpaired) electrons. The van der Waals surface area contributed by atoms with Crippen molar-refractivity contribution in [2.45, 2.75) is 11.8 Å². The lowest BCUT2D eigenvalue weighted by Gasteiger charge is -2.28. The number of morpholine rings is 1. The number of pyridine rings is 1. The normalized spacial score (nSPS) is 14.7. The maximum absolute atomic E-state index is 12.4. The van der Waals surface area contributed by atoms with Gasteiger partial charge in [-0.25, -0.2) is 14.2 Å². The van der Waals surface area contributed by atoms with E-state index in [2.05, 4.69) is 41.5 Å². The molecule has 0 spiro atoms. The van der Waals surface area contributed by atoms with E-state index in [0.29, 0.717) is 29.4 Å². The third kappa shape index (κ3) is 4.64. The van der Waals surface area contributed by atoms with Crippen LogP contribution < -0.4 is 9.62 Å². The molecule has 1 saturated heterocycles. The highest BCUT2D eigenvalue weighted by Crippen LogP contribution is 2.20. The molecule has 30 heavy (non-hydrogen) atoms. The summed E-state index contributed by atoms with van der Waals surface area (Å²) in [4.78, 5) is 15.7. The van der Waals surface area contributed by atoms with Gasteiger partial charge in [0.15, 0.2) is 11.0 Å². The molecule has 4 rings (SSSR count). The van der Waals surface area contributed by atoms with Crippen molar-refractivity contribution in [1.82, 2.24) is 24.7 Å². The number of aryl methyl sites for hydroxylation is 2. The van der Waals surface area contributed by atoms with Gasteiger partial charge >= 0.3 is 0 Å². The van der Waals surface area contributed by atoms with Crippen molar-refractivity contribution < 1.29 is 8.95 Å². The van der Waals surface area contributed by atoms with Crippen LogP contribution in [0.2, 0.25) is 0 Å². The van der Waals surface area contributed by atoms with Gasteiger partial charge < -0.3 is 9.64 Å². The quantitative estimate of drug-likeness (QED) is 0.632. The van der Waals surface area contributed by atoms with Crippen LogP contribution in [0.1, 0.15) is 16.8 Å². The van der Waals surface area contributed by atoms with Crippen LogP contribution in [-0.2, 0) is 22.8 Å². The molecule has 0 aliphatic carbocycles. The van der Waals surface area contributed by atoms with Gasteiger partial charge in [-0.15, -0.1) is 0 Å². The van der Waals surface area contributed by atoms with Crippen LogP contribution in [0.15, 0.2) is 42.1 Å². The first-order chi connectivity index (χ1) is 14.6. The summed E-state index contributed by atoms with van der Waals surface area (Å²) < 4.78 is 22.4. The Hall–Kier alpha value is -3.29. The molecule has 1 N–H and O–H groups in total. The summed E-state index contributed by atoms with van der Waals surface area (Å²) >= 11 is 0. The Labute approximate surface area is 177 Å². The molecule has 1 aliphatic rings. The summed E-state index contributed by atoms with van der Waals surface area (Å²) in [5.74, 6) is 7.15. The molecule has 0 aromatic carbocycles. The van der Waals surface area contributed by atoms with Gasteiger partial charge in [0.05, 0.1) is 47.4 Å². The molecule has 0 saturated carbocycles. The zero-order valence-corrected chi connectivity index (χ0v) is 17.5. The average Bonchev–Trinajstić information content (AvgIpc) is 3.20.